The van der Waals surface area contributed by atoms with E-state index in [1.807, 2.05) is 38.1 Å². The van der Waals surface area contributed by atoms with Crippen LogP contribution in [-0.2, 0) is 9.47 Å². The molecule has 0 heterocycles. The van der Waals surface area contributed by atoms with E-state index >= 15 is 0 Å². The minimum atomic E-state index is -0.396. The van der Waals surface area contributed by atoms with E-state index in [1.165, 1.54) is 0 Å². The fourth-order valence-electron chi connectivity index (χ4n) is 1.33. The summed E-state index contributed by atoms with van der Waals surface area (Å²) in [6.45, 7) is 4.87. The summed E-state index contributed by atoms with van der Waals surface area (Å²) in [7, 11) is 0. The SMILES string of the molecule is CCCOC([O-])=C(OCCC)c1ccc(Br)cc1.[Br-].[Mg+2]. The van der Waals surface area contributed by atoms with Crippen LogP contribution in [0.4, 0.5) is 0 Å². The van der Waals surface area contributed by atoms with Gasteiger partial charge in [0.25, 0.3) is 0 Å². The van der Waals surface area contributed by atoms with Crippen molar-refractivity contribution >= 4 is 44.7 Å². The topological polar surface area (TPSA) is 41.5 Å². The van der Waals surface area contributed by atoms with E-state index in [9.17, 15) is 5.11 Å². The number of benzene rings is 1. The largest absolute Gasteiger partial charge is 2.00 e. The zero-order valence-electron chi connectivity index (χ0n) is 11.8. The van der Waals surface area contributed by atoms with Crippen molar-refractivity contribution in [1.82, 2.24) is 0 Å². The third-order valence-corrected chi connectivity index (χ3v) is 2.71. The summed E-state index contributed by atoms with van der Waals surface area (Å²) in [6, 6.07) is 7.42. The molecule has 108 valence electrons. The second-order valence-electron chi connectivity index (χ2n) is 3.82. The molecular formula is C14H18Br2MgO3. The van der Waals surface area contributed by atoms with Crippen LogP contribution in [0.5, 0.6) is 0 Å². The first-order valence-electron chi connectivity index (χ1n) is 6.11. The van der Waals surface area contributed by atoms with E-state index in [1.54, 1.807) is 0 Å². The second-order valence-corrected chi connectivity index (χ2v) is 4.74. The van der Waals surface area contributed by atoms with Crippen LogP contribution in [0.15, 0.2) is 34.7 Å². The van der Waals surface area contributed by atoms with Crippen molar-refractivity contribution in [3.63, 3.8) is 0 Å². The van der Waals surface area contributed by atoms with E-state index in [2.05, 4.69) is 15.9 Å². The predicted molar refractivity (Wildman–Crippen MR) is 79.3 cm³/mol. The first-order chi connectivity index (χ1) is 8.69. The fourth-order valence-corrected chi connectivity index (χ4v) is 1.59. The summed E-state index contributed by atoms with van der Waals surface area (Å²) < 4.78 is 11.6. The van der Waals surface area contributed by atoms with Gasteiger partial charge in [-0.05, 0) is 31.6 Å². The molecule has 1 rings (SSSR count). The second kappa shape index (κ2) is 12.8. The van der Waals surface area contributed by atoms with E-state index in [0.717, 1.165) is 22.9 Å². The molecule has 1 aromatic carbocycles. The molecule has 0 amide bonds. The van der Waals surface area contributed by atoms with Crippen molar-refractivity contribution in [2.45, 2.75) is 26.7 Å². The van der Waals surface area contributed by atoms with E-state index in [4.69, 9.17) is 9.47 Å². The average molecular weight is 418 g/mol. The molecular weight excluding hydrogens is 400 g/mol. The molecule has 1 aromatic rings. The zero-order chi connectivity index (χ0) is 13.4. The van der Waals surface area contributed by atoms with Gasteiger partial charge in [-0.2, -0.15) is 0 Å². The Morgan fingerprint density at radius 2 is 1.55 bits per heavy atom. The third kappa shape index (κ3) is 7.76. The molecule has 0 atom stereocenters. The maximum absolute atomic E-state index is 11.9. The van der Waals surface area contributed by atoms with Gasteiger partial charge in [0.1, 0.15) is 5.76 Å². The monoisotopic (exact) mass is 416 g/mol. The first-order valence-corrected chi connectivity index (χ1v) is 6.91. The summed E-state index contributed by atoms with van der Waals surface area (Å²) in [5.74, 6) is -0.106. The van der Waals surface area contributed by atoms with Crippen LogP contribution in [0.25, 0.3) is 5.76 Å². The summed E-state index contributed by atoms with van der Waals surface area (Å²) in [5, 5.41) is 11.9. The normalized spacial score (nSPS) is 10.8. The van der Waals surface area contributed by atoms with Crippen LogP contribution in [0.3, 0.4) is 0 Å². The molecule has 3 nitrogen and oxygen atoms in total. The minimum absolute atomic E-state index is 0. The maximum Gasteiger partial charge on any atom is 2.00 e. The molecule has 0 aliphatic heterocycles. The quantitative estimate of drug-likeness (QED) is 0.459. The van der Waals surface area contributed by atoms with Crippen molar-refractivity contribution in [2.75, 3.05) is 13.2 Å². The summed E-state index contributed by atoms with van der Waals surface area (Å²) in [6.07, 6.45) is 1.65. The molecule has 0 aliphatic carbocycles. The smallest absolute Gasteiger partial charge is 1.00 e. The molecule has 0 radical (unpaired) electrons. The molecule has 6 heteroatoms. The maximum atomic E-state index is 11.9. The minimum Gasteiger partial charge on any atom is -1.00 e. The molecule has 0 saturated carbocycles. The van der Waals surface area contributed by atoms with Crippen molar-refractivity contribution in [3.8, 4) is 0 Å². The Hall–Kier alpha value is 0.0862. The van der Waals surface area contributed by atoms with Gasteiger partial charge in [-0.3, -0.25) is 0 Å². The molecule has 0 bridgehead atoms. The average Bonchev–Trinajstić information content (AvgIpc) is 2.38. The molecule has 0 saturated heterocycles. The van der Waals surface area contributed by atoms with Crippen LogP contribution < -0.4 is 22.1 Å². The molecule has 0 N–H and O–H groups in total. The van der Waals surface area contributed by atoms with Crippen molar-refractivity contribution in [2.24, 2.45) is 0 Å². The summed E-state index contributed by atoms with van der Waals surface area (Å²) >= 11 is 3.36. The van der Waals surface area contributed by atoms with Gasteiger partial charge in [0, 0.05) is 10.0 Å². The van der Waals surface area contributed by atoms with Gasteiger partial charge in [-0.25, -0.2) is 0 Å². The van der Waals surface area contributed by atoms with E-state index in [-0.39, 0.29) is 45.8 Å². The van der Waals surface area contributed by atoms with Gasteiger partial charge >= 0.3 is 23.1 Å². The molecule has 0 aliphatic rings. The number of hydrogen-bond acceptors (Lipinski definition) is 3. The Morgan fingerprint density at radius 1 is 1.05 bits per heavy atom. The van der Waals surface area contributed by atoms with Gasteiger partial charge in [-0.1, -0.05) is 41.9 Å². The van der Waals surface area contributed by atoms with Crippen molar-refractivity contribution in [1.29, 1.82) is 0 Å². The van der Waals surface area contributed by atoms with Crippen LogP contribution in [0.1, 0.15) is 32.3 Å². The number of hydrogen-bond donors (Lipinski definition) is 0. The summed E-state index contributed by atoms with van der Waals surface area (Å²) in [5.41, 5.74) is 0.743. The van der Waals surface area contributed by atoms with Gasteiger partial charge in [-0.15, -0.1) is 0 Å². The Labute approximate surface area is 155 Å². The Morgan fingerprint density at radius 3 is 2.05 bits per heavy atom. The van der Waals surface area contributed by atoms with Crippen LogP contribution in [-0.4, -0.2) is 36.3 Å². The Kier molecular flexibility index (Phi) is 14.3. The Bertz CT molecular complexity index is 394. The summed E-state index contributed by atoms with van der Waals surface area (Å²) in [4.78, 5) is 0. The van der Waals surface area contributed by atoms with Crippen molar-refractivity contribution in [3.05, 3.63) is 40.2 Å². The first kappa shape index (κ1) is 22.4. The van der Waals surface area contributed by atoms with Gasteiger partial charge in [0.05, 0.1) is 12.6 Å². The molecule has 0 aromatic heterocycles. The van der Waals surface area contributed by atoms with E-state index < -0.39 is 5.95 Å². The molecule has 0 spiro atoms. The standard InChI is InChI=1S/C14H19BrO3.BrH.Mg/c1-3-9-17-13(14(16)18-10-4-2)11-5-7-12(15)8-6-11;;/h5-8,16H,3-4,9-10H2,1-2H3;1H;/q;;+2/p-2. The van der Waals surface area contributed by atoms with Crippen LogP contribution in [0.2, 0.25) is 0 Å². The molecule has 20 heavy (non-hydrogen) atoms. The number of rotatable bonds is 7. The number of halogens is 2. The zero-order valence-corrected chi connectivity index (χ0v) is 16.4. The number of ether oxygens (including phenoxy) is 2. The van der Waals surface area contributed by atoms with Crippen LogP contribution >= 0.6 is 15.9 Å². The van der Waals surface area contributed by atoms with Crippen LogP contribution in [0, 0.1) is 0 Å². The van der Waals surface area contributed by atoms with Gasteiger partial charge < -0.3 is 31.6 Å². The van der Waals surface area contributed by atoms with E-state index in [0.29, 0.717) is 13.2 Å². The predicted octanol–water partition coefficient (Wildman–Crippen LogP) is -0.0881. The molecule has 0 fully saturated rings. The van der Waals surface area contributed by atoms with Gasteiger partial charge in [0.15, 0.2) is 0 Å². The van der Waals surface area contributed by atoms with Crippen molar-refractivity contribution < 1.29 is 31.6 Å². The van der Waals surface area contributed by atoms with Gasteiger partial charge in [0.2, 0.25) is 0 Å². The Balaban J connectivity index is 0. The third-order valence-electron chi connectivity index (χ3n) is 2.18. The molecule has 0 unspecified atom stereocenters. The fraction of sp³-hybridized carbons (Fsp3) is 0.429.